The highest BCUT2D eigenvalue weighted by molar-refractivity contribution is 8.32. The SMILES string of the molecule is CCNC(=O)C[C@@H]1N=C(c2ccc(Cl)cc2)c2cc(OCCCCC(=O)Nc3ccc(S(C)(C)C)cc3)ccc2N(C(C)=N)C1=N. The van der Waals surface area contributed by atoms with Crippen molar-refractivity contribution in [1.29, 1.82) is 10.8 Å². The number of hydrogen-bond acceptors (Lipinski definition) is 6. The molecule has 46 heavy (non-hydrogen) atoms. The molecule has 9 nitrogen and oxygen atoms in total. The number of nitrogens with one attached hydrogen (secondary N) is 4. The summed E-state index contributed by atoms with van der Waals surface area (Å²) in [5.41, 5.74) is 3.42. The second-order valence-electron chi connectivity index (χ2n) is 11.9. The summed E-state index contributed by atoms with van der Waals surface area (Å²) in [6.07, 6.45) is 8.42. The standard InChI is InChI=1S/C35H43ClN6O3S/c1-6-39-33(44)22-30-35(38)42(23(2)37)31-19-16-27(21-29(31)34(41-30)24-10-12-25(36)13-11-24)45-20-8-7-9-32(43)40-26-14-17-28(18-15-26)46(3,4)5/h10-19,21,30,37-38H,6-9,20,22H2,1-5H3,(H,39,44)(H,40,43)/t30-/m0/s1. The second kappa shape index (κ2) is 15.4. The highest BCUT2D eigenvalue weighted by Gasteiger charge is 2.32. The molecule has 0 bridgehead atoms. The van der Waals surface area contributed by atoms with Crippen LogP contribution in [0.15, 0.2) is 76.6 Å². The van der Waals surface area contributed by atoms with Gasteiger partial charge in [-0.3, -0.25) is 30.3 Å². The lowest BCUT2D eigenvalue weighted by Gasteiger charge is -2.26. The van der Waals surface area contributed by atoms with Crippen LogP contribution in [-0.2, 0) is 9.59 Å². The number of nitrogens with zero attached hydrogens (tertiary/aromatic N) is 2. The number of carbonyl (C=O) groups excluding carboxylic acids is 2. The van der Waals surface area contributed by atoms with Crippen LogP contribution in [0.25, 0.3) is 0 Å². The van der Waals surface area contributed by atoms with Crippen LogP contribution >= 0.6 is 21.6 Å². The molecule has 0 saturated heterocycles. The number of carbonyl (C=O) groups is 2. The Morgan fingerprint density at radius 2 is 1.70 bits per heavy atom. The Morgan fingerprint density at radius 1 is 1.00 bits per heavy atom. The fourth-order valence-electron chi connectivity index (χ4n) is 5.09. The van der Waals surface area contributed by atoms with Gasteiger partial charge < -0.3 is 15.4 Å². The van der Waals surface area contributed by atoms with Gasteiger partial charge in [0.2, 0.25) is 11.8 Å². The summed E-state index contributed by atoms with van der Waals surface area (Å²) in [6.45, 7) is 4.33. The number of aliphatic imine (C=N–C) groups is 1. The van der Waals surface area contributed by atoms with E-state index in [1.165, 1.54) is 9.80 Å². The van der Waals surface area contributed by atoms with Crippen molar-refractivity contribution < 1.29 is 14.3 Å². The number of anilines is 2. The fraction of sp³-hybridized carbons (Fsp3) is 0.343. The molecule has 0 spiro atoms. The number of amidine groups is 2. The third-order valence-electron chi connectivity index (χ3n) is 7.42. The van der Waals surface area contributed by atoms with E-state index in [0.717, 1.165) is 11.3 Å². The number of fused-ring (bicyclic) bond motifs is 1. The maximum Gasteiger partial charge on any atom is 0.224 e. The minimum Gasteiger partial charge on any atom is -0.494 e. The molecular formula is C35H43ClN6O3S. The van der Waals surface area contributed by atoms with Gasteiger partial charge in [0, 0.05) is 34.8 Å². The Kier molecular flexibility index (Phi) is 11.6. The van der Waals surface area contributed by atoms with Crippen molar-refractivity contribution >= 4 is 62.2 Å². The highest BCUT2D eigenvalue weighted by atomic mass is 35.5. The zero-order valence-corrected chi connectivity index (χ0v) is 28.6. The zero-order chi connectivity index (χ0) is 33.4. The summed E-state index contributed by atoms with van der Waals surface area (Å²) in [5.74, 6) is 0.528. The van der Waals surface area contributed by atoms with E-state index in [1.54, 1.807) is 25.1 Å². The quantitative estimate of drug-likeness (QED) is 0.0935. The Bertz CT molecular complexity index is 1620. The molecule has 11 heteroatoms. The van der Waals surface area contributed by atoms with Crippen molar-refractivity contribution in [3.63, 3.8) is 0 Å². The monoisotopic (exact) mass is 662 g/mol. The van der Waals surface area contributed by atoms with Gasteiger partial charge in [-0.05, 0) is 105 Å². The van der Waals surface area contributed by atoms with Crippen molar-refractivity contribution in [3.8, 4) is 5.75 Å². The first-order valence-electron chi connectivity index (χ1n) is 15.3. The van der Waals surface area contributed by atoms with Crippen LogP contribution in [0.1, 0.15) is 50.7 Å². The predicted molar refractivity (Wildman–Crippen MR) is 192 cm³/mol. The van der Waals surface area contributed by atoms with Crippen LogP contribution in [0.5, 0.6) is 5.75 Å². The lowest BCUT2D eigenvalue weighted by atomic mass is 9.99. The smallest absolute Gasteiger partial charge is 0.224 e. The lowest BCUT2D eigenvalue weighted by Crippen LogP contribution is -2.42. The van der Waals surface area contributed by atoms with Gasteiger partial charge in [-0.25, -0.2) is 10.0 Å². The summed E-state index contributed by atoms with van der Waals surface area (Å²) in [4.78, 5) is 32.9. The van der Waals surface area contributed by atoms with E-state index >= 15 is 0 Å². The van der Waals surface area contributed by atoms with Crippen LogP contribution in [0.2, 0.25) is 5.02 Å². The molecule has 244 valence electrons. The van der Waals surface area contributed by atoms with Gasteiger partial charge in [0.25, 0.3) is 0 Å². The molecule has 0 aliphatic carbocycles. The van der Waals surface area contributed by atoms with Gasteiger partial charge in [-0.1, -0.05) is 23.7 Å². The van der Waals surface area contributed by atoms with Crippen LogP contribution < -0.4 is 20.3 Å². The second-order valence-corrected chi connectivity index (χ2v) is 16.4. The molecule has 3 aromatic carbocycles. The molecule has 1 heterocycles. The number of amides is 2. The highest BCUT2D eigenvalue weighted by Crippen LogP contribution is 2.45. The van der Waals surface area contributed by atoms with Crippen LogP contribution in [0.4, 0.5) is 11.4 Å². The lowest BCUT2D eigenvalue weighted by molar-refractivity contribution is -0.121. The summed E-state index contributed by atoms with van der Waals surface area (Å²) in [6, 6.07) is 20.0. The molecule has 1 aliphatic heterocycles. The molecule has 1 aliphatic rings. The van der Waals surface area contributed by atoms with Crippen molar-refractivity contribution in [3.05, 3.63) is 82.9 Å². The van der Waals surface area contributed by atoms with Gasteiger partial charge >= 0.3 is 0 Å². The van der Waals surface area contributed by atoms with Gasteiger partial charge in [-0.2, -0.15) is 0 Å². The average molecular weight is 663 g/mol. The number of ether oxygens (including phenoxy) is 1. The zero-order valence-electron chi connectivity index (χ0n) is 27.1. The predicted octanol–water partition coefficient (Wildman–Crippen LogP) is 7.11. The van der Waals surface area contributed by atoms with Crippen molar-refractivity contribution in [1.82, 2.24) is 5.32 Å². The minimum atomic E-state index is -0.809. The summed E-state index contributed by atoms with van der Waals surface area (Å²) >= 11 is 6.18. The number of benzene rings is 3. The van der Waals surface area contributed by atoms with Crippen LogP contribution in [0, 0.1) is 10.8 Å². The summed E-state index contributed by atoms with van der Waals surface area (Å²) in [7, 11) is -0.809. The maximum absolute atomic E-state index is 12.6. The summed E-state index contributed by atoms with van der Waals surface area (Å²) in [5, 5.41) is 23.8. The molecule has 3 aromatic rings. The van der Waals surface area contributed by atoms with E-state index < -0.39 is 16.1 Å². The number of halogens is 1. The number of hydrogen-bond donors (Lipinski definition) is 4. The number of rotatable bonds is 12. The van der Waals surface area contributed by atoms with E-state index in [9.17, 15) is 9.59 Å². The minimum absolute atomic E-state index is 0.0262. The first-order valence-corrected chi connectivity index (χ1v) is 18.5. The fourth-order valence-corrected chi connectivity index (χ4v) is 6.17. The average Bonchev–Trinajstić information content (AvgIpc) is 3.11. The maximum atomic E-state index is 12.6. The van der Waals surface area contributed by atoms with Crippen molar-refractivity contribution in [2.24, 2.45) is 4.99 Å². The van der Waals surface area contributed by atoms with E-state index in [0.29, 0.717) is 60.1 Å². The summed E-state index contributed by atoms with van der Waals surface area (Å²) < 4.78 is 6.11. The third kappa shape index (κ3) is 8.98. The van der Waals surface area contributed by atoms with Gasteiger partial charge in [0.1, 0.15) is 23.5 Å². The largest absolute Gasteiger partial charge is 0.494 e. The molecule has 0 aromatic heterocycles. The van der Waals surface area contributed by atoms with Gasteiger partial charge in [0.05, 0.1) is 24.4 Å². The molecule has 0 radical (unpaired) electrons. The molecule has 1 atom stereocenters. The van der Waals surface area contributed by atoms with Crippen molar-refractivity contribution in [2.45, 2.75) is 50.5 Å². The topological polar surface area (TPSA) is 131 Å². The first-order chi connectivity index (χ1) is 21.9. The number of unbranched alkanes of at least 4 members (excludes halogenated alkanes) is 1. The molecule has 0 fully saturated rings. The molecule has 0 saturated carbocycles. The third-order valence-corrected chi connectivity index (χ3v) is 9.36. The number of benzodiazepines with no additional fused rings is 1. The van der Waals surface area contributed by atoms with E-state index in [1.807, 2.05) is 43.3 Å². The van der Waals surface area contributed by atoms with Crippen LogP contribution in [-0.4, -0.2) is 67.2 Å². The van der Waals surface area contributed by atoms with Crippen LogP contribution in [0.3, 0.4) is 0 Å². The molecule has 2 amide bonds. The normalized spacial score (nSPS) is 14.9. The van der Waals surface area contributed by atoms with E-state index in [-0.39, 0.29) is 29.9 Å². The molecule has 4 N–H and O–H groups in total. The Hall–Kier alpha value is -4.15. The Labute approximate surface area is 278 Å². The van der Waals surface area contributed by atoms with Gasteiger partial charge in [0.15, 0.2) is 0 Å². The van der Waals surface area contributed by atoms with E-state index in [4.69, 9.17) is 32.1 Å². The Balaban J connectivity index is 1.48. The van der Waals surface area contributed by atoms with Gasteiger partial charge in [-0.15, -0.1) is 0 Å². The van der Waals surface area contributed by atoms with E-state index in [2.05, 4.69) is 41.5 Å². The Morgan fingerprint density at radius 3 is 2.33 bits per heavy atom. The molecule has 4 rings (SSSR count). The molecular weight excluding hydrogens is 620 g/mol. The molecule has 0 unspecified atom stereocenters. The van der Waals surface area contributed by atoms with Crippen molar-refractivity contribution in [2.75, 3.05) is 42.1 Å². The first kappa shape index (κ1) is 34.7.